The quantitative estimate of drug-likeness (QED) is 0.491. The second-order valence-electron chi connectivity index (χ2n) is 6.55. The fourth-order valence-electron chi connectivity index (χ4n) is 2.97. The molecule has 0 bridgehead atoms. The van der Waals surface area contributed by atoms with Crippen LogP contribution in [0.3, 0.4) is 0 Å². The highest BCUT2D eigenvalue weighted by Crippen LogP contribution is 2.25. The summed E-state index contributed by atoms with van der Waals surface area (Å²) in [5.74, 6) is -0.340. The van der Waals surface area contributed by atoms with Crippen LogP contribution in [0.2, 0.25) is 0 Å². The van der Waals surface area contributed by atoms with Gasteiger partial charge in [-0.2, -0.15) is 4.31 Å². The van der Waals surface area contributed by atoms with Crippen LogP contribution in [0, 0.1) is 10.1 Å². The van der Waals surface area contributed by atoms with Crippen LogP contribution in [0.15, 0.2) is 60.0 Å². The zero-order chi connectivity index (χ0) is 21.6. The van der Waals surface area contributed by atoms with Crippen LogP contribution in [0.4, 0.5) is 5.69 Å². The third-order valence-electron chi connectivity index (χ3n) is 4.60. The Hall–Kier alpha value is -3.24. The summed E-state index contributed by atoms with van der Waals surface area (Å²) in [5, 5.41) is 12.2. The zero-order valence-electron chi connectivity index (χ0n) is 16.1. The average Bonchev–Trinajstić information content (AvgIpc) is 2.77. The minimum Gasteiger partial charge on any atom is -0.477 e. The fraction of sp³-hybridized carbons (Fsp3) is 0.250. The molecule has 2 aromatic carbocycles. The number of hydrogen-bond donors (Lipinski definition) is 0. The first kappa shape index (κ1) is 21.5. The lowest BCUT2D eigenvalue weighted by Gasteiger charge is -2.33. The Morgan fingerprint density at radius 2 is 1.67 bits per heavy atom. The van der Waals surface area contributed by atoms with E-state index in [0.717, 1.165) is 11.0 Å². The van der Waals surface area contributed by atoms with E-state index in [4.69, 9.17) is 4.74 Å². The lowest BCUT2D eigenvalue weighted by atomic mass is 10.2. The van der Waals surface area contributed by atoms with Crippen LogP contribution >= 0.6 is 0 Å². The normalized spacial score (nSPS) is 15.3. The van der Waals surface area contributed by atoms with E-state index in [1.807, 2.05) is 18.2 Å². The summed E-state index contributed by atoms with van der Waals surface area (Å²) < 4.78 is 31.6. The van der Waals surface area contributed by atoms with Crippen LogP contribution in [0.25, 0.3) is 6.08 Å². The molecule has 0 aliphatic carbocycles. The molecule has 0 unspecified atom stereocenters. The molecular weight excluding hydrogens is 410 g/mol. The van der Waals surface area contributed by atoms with E-state index in [9.17, 15) is 23.3 Å². The number of nitro benzene ring substituents is 1. The molecule has 1 saturated heterocycles. The molecule has 30 heavy (non-hydrogen) atoms. The molecule has 1 aliphatic rings. The summed E-state index contributed by atoms with van der Waals surface area (Å²) in [6.45, 7) is 0.415. The van der Waals surface area contributed by atoms with E-state index in [1.54, 1.807) is 18.2 Å². The third-order valence-corrected chi connectivity index (χ3v) is 6.16. The molecule has 1 fully saturated rings. The van der Waals surface area contributed by atoms with E-state index in [2.05, 4.69) is 0 Å². The smallest absolute Gasteiger partial charge is 0.310 e. The van der Waals surface area contributed by atoms with E-state index < -0.39 is 14.9 Å². The standard InChI is InChI=1S/C20H21N3O6S/c24-20(16-29-19-9-5-4-8-18(19)23(25)26)21-11-13-22(14-12-21)30(27,28)15-10-17-6-2-1-3-7-17/h1-10,15H,11-14,16H2/b15-10+. The van der Waals surface area contributed by atoms with Gasteiger partial charge in [-0.1, -0.05) is 42.5 Å². The molecule has 158 valence electrons. The van der Waals surface area contributed by atoms with Crippen molar-refractivity contribution in [1.82, 2.24) is 9.21 Å². The molecule has 10 heteroatoms. The van der Waals surface area contributed by atoms with E-state index in [-0.39, 0.29) is 50.1 Å². The van der Waals surface area contributed by atoms with Gasteiger partial charge in [0.05, 0.1) is 4.92 Å². The van der Waals surface area contributed by atoms with Crippen LogP contribution in [-0.2, 0) is 14.8 Å². The van der Waals surface area contributed by atoms with Crippen molar-refractivity contribution in [2.45, 2.75) is 0 Å². The molecule has 3 rings (SSSR count). The Morgan fingerprint density at radius 3 is 2.33 bits per heavy atom. The molecule has 0 aromatic heterocycles. The molecule has 1 amide bonds. The largest absolute Gasteiger partial charge is 0.477 e. The van der Waals surface area contributed by atoms with Crippen molar-refractivity contribution >= 4 is 27.7 Å². The summed E-state index contributed by atoms with van der Waals surface area (Å²) in [6, 6.07) is 14.9. The van der Waals surface area contributed by atoms with Crippen molar-refractivity contribution < 1.29 is 22.9 Å². The summed E-state index contributed by atoms with van der Waals surface area (Å²) in [5.41, 5.74) is 0.563. The van der Waals surface area contributed by atoms with Gasteiger partial charge in [0.1, 0.15) is 0 Å². The minimum atomic E-state index is -3.59. The Morgan fingerprint density at radius 1 is 1.03 bits per heavy atom. The predicted molar refractivity (Wildman–Crippen MR) is 111 cm³/mol. The highest BCUT2D eigenvalue weighted by Gasteiger charge is 2.27. The summed E-state index contributed by atoms with van der Waals surface area (Å²) in [4.78, 5) is 24.3. The topological polar surface area (TPSA) is 110 Å². The van der Waals surface area contributed by atoms with E-state index in [0.29, 0.717) is 0 Å². The van der Waals surface area contributed by atoms with Gasteiger partial charge >= 0.3 is 5.69 Å². The number of sulfonamides is 1. The highest BCUT2D eigenvalue weighted by molar-refractivity contribution is 7.92. The number of ether oxygens (including phenoxy) is 1. The molecule has 0 saturated carbocycles. The monoisotopic (exact) mass is 431 g/mol. The number of nitrogens with zero attached hydrogens (tertiary/aromatic N) is 3. The van der Waals surface area contributed by atoms with Crippen molar-refractivity contribution in [3.05, 3.63) is 75.7 Å². The van der Waals surface area contributed by atoms with E-state index >= 15 is 0 Å². The van der Waals surface area contributed by atoms with Gasteiger partial charge in [0.2, 0.25) is 10.0 Å². The lowest BCUT2D eigenvalue weighted by molar-refractivity contribution is -0.385. The number of rotatable bonds is 7. The van der Waals surface area contributed by atoms with Crippen molar-refractivity contribution in [2.24, 2.45) is 0 Å². The van der Waals surface area contributed by atoms with Gasteiger partial charge in [-0.15, -0.1) is 0 Å². The SMILES string of the molecule is O=C(COc1ccccc1[N+](=O)[O-])N1CCN(S(=O)(=O)/C=C/c2ccccc2)CC1. The predicted octanol–water partition coefficient (Wildman–Crippen LogP) is 2.12. The first-order chi connectivity index (χ1) is 14.4. The number of para-hydroxylation sites is 2. The van der Waals surface area contributed by atoms with Gasteiger partial charge < -0.3 is 9.64 Å². The van der Waals surface area contributed by atoms with Gasteiger partial charge in [0, 0.05) is 37.7 Å². The molecule has 0 spiro atoms. The molecule has 0 radical (unpaired) electrons. The Kier molecular flexibility index (Phi) is 6.80. The third kappa shape index (κ3) is 5.43. The average molecular weight is 431 g/mol. The second kappa shape index (κ2) is 9.51. The van der Waals surface area contributed by atoms with Crippen LogP contribution in [0.1, 0.15) is 5.56 Å². The van der Waals surface area contributed by atoms with Crippen molar-refractivity contribution in [3.63, 3.8) is 0 Å². The first-order valence-electron chi connectivity index (χ1n) is 9.24. The summed E-state index contributed by atoms with van der Waals surface area (Å²) in [6.07, 6.45) is 1.54. The number of benzene rings is 2. The van der Waals surface area contributed by atoms with Crippen molar-refractivity contribution in [2.75, 3.05) is 32.8 Å². The molecule has 1 heterocycles. The first-order valence-corrected chi connectivity index (χ1v) is 10.7. The fourth-order valence-corrected chi connectivity index (χ4v) is 4.14. The zero-order valence-corrected chi connectivity index (χ0v) is 16.9. The van der Waals surface area contributed by atoms with Crippen LogP contribution in [0.5, 0.6) is 5.75 Å². The number of carbonyl (C=O) groups is 1. The van der Waals surface area contributed by atoms with Crippen molar-refractivity contribution in [1.29, 1.82) is 0 Å². The Labute approximate surface area is 174 Å². The highest BCUT2D eigenvalue weighted by atomic mass is 32.2. The van der Waals surface area contributed by atoms with Gasteiger partial charge in [-0.05, 0) is 17.7 Å². The van der Waals surface area contributed by atoms with Gasteiger partial charge in [-0.25, -0.2) is 8.42 Å². The molecule has 0 N–H and O–H groups in total. The molecule has 1 aliphatic heterocycles. The molecular formula is C20H21N3O6S. The summed E-state index contributed by atoms with van der Waals surface area (Å²) in [7, 11) is -3.59. The van der Waals surface area contributed by atoms with Crippen LogP contribution in [-0.4, -0.2) is 61.2 Å². The maximum atomic E-state index is 12.5. The number of amides is 1. The van der Waals surface area contributed by atoms with Gasteiger partial charge in [-0.3, -0.25) is 14.9 Å². The molecule has 2 aromatic rings. The van der Waals surface area contributed by atoms with Gasteiger partial charge in [0.25, 0.3) is 5.91 Å². The van der Waals surface area contributed by atoms with E-state index in [1.165, 1.54) is 33.5 Å². The minimum absolute atomic E-state index is 0.0168. The van der Waals surface area contributed by atoms with Crippen LogP contribution < -0.4 is 4.74 Å². The molecule has 9 nitrogen and oxygen atoms in total. The molecule has 0 atom stereocenters. The maximum Gasteiger partial charge on any atom is 0.310 e. The maximum absolute atomic E-state index is 12.5. The second-order valence-corrected chi connectivity index (χ2v) is 8.37. The van der Waals surface area contributed by atoms with Gasteiger partial charge in [0.15, 0.2) is 12.4 Å². The van der Waals surface area contributed by atoms with Crippen molar-refractivity contribution in [3.8, 4) is 5.75 Å². The lowest BCUT2D eigenvalue weighted by Crippen LogP contribution is -2.51. The Bertz CT molecular complexity index is 1030. The number of hydrogen-bond acceptors (Lipinski definition) is 6. The summed E-state index contributed by atoms with van der Waals surface area (Å²) >= 11 is 0. The number of carbonyl (C=O) groups excluding carboxylic acids is 1. The number of piperazine rings is 1. The number of nitro groups is 1. The Balaban J connectivity index is 1.53.